The summed E-state index contributed by atoms with van der Waals surface area (Å²) in [6, 6.07) is 12.9. The zero-order valence-corrected chi connectivity index (χ0v) is 13.9. The number of benzene rings is 2. The van der Waals surface area contributed by atoms with Gasteiger partial charge in [0.25, 0.3) is 5.91 Å². The van der Waals surface area contributed by atoms with Crippen molar-refractivity contribution in [3.63, 3.8) is 0 Å². The minimum atomic E-state index is -0.146. The maximum absolute atomic E-state index is 12.1. The SMILES string of the molecule is COc1cccc(CCNC(=O)c2cc(Cl)ccc2Br)c1. The zero-order valence-electron chi connectivity index (χ0n) is 11.5. The molecule has 0 spiro atoms. The van der Waals surface area contributed by atoms with Gasteiger partial charge in [0.1, 0.15) is 5.75 Å². The molecule has 0 fully saturated rings. The second-order valence-electron chi connectivity index (χ2n) is 4.48. The molecular weight excluding hydrogens is 354 g/mol. The van der Waals surface area contributed by atoms with Crippen molar-refractivity contribution in [1.82, 2.24) is 5.32 Å². The molecule has 0 aliphatic carbocycles. The van der Waals surface area contributed by atoms with Crippen LogP contribution in [0.4, 0.5) is 0 Å². The predicted molar refractivity (Wildman–Crippen MR) is 88.2 cm³/mol. The van der Waals surface area contributed by atoms with Crippen LogP contribution in [0.3, 0.4) is 0 Å². The van der Waals surface area contributed by atoms with Crippen LogP contribution in [0.25, 0.3) is 0 Å². The van der Waals surface area contributed by atoms with Gasteiger partial charge in [-0.3, -0.25) is 4.79 Å². The molecule has 1 N–H and O–H groups in total. The lowest BCUT2D eigenvalue weighted by molar-refractivity contribution is 0.0953. The Bertz CT molecular complexity index is 646. The van der Waals surface area contributed by atoms with E-state index in [4.69, 9.17) is 16.3 Å². The van der Waals surface area contributed by atoms with Crippen LogP contribution < -0.4 is 10.1 Å². The van der Waals surface area contributed by atoms with Gasteiger partial charge < -0.3 is 10.1 Å². The van der Waals surface area contributed by atoms with Gasteiger partial charge in [-0.15, -0.1) is 0 Å². The molecule has 2 rings (SSSR count). The lowest BCUT2D eigenvalue weighted by atomic mass is 10.1. The van der Waals surface area contributed by atoms with Crippen LogP contribution in [0.5, 0.6) is 5.75 Å². The van der Waals surface area contributed by atoms with Gasteiger partial charge in [0.2, 0.25) is 0 Å². The molecule has 0 atom stereocenters. The molecule has 0 radical (unpaired) electrons. The third kappa shape index (κ3) is 4.48. The molecule has 5 heteroatoms. The van der Waals surface area contributed by atoms with Gasteiger partial charge in [0.15, 0.2) is 0 Å². The van der Waals surface area contributed by atoms with E-state index in [0.29, 0.717) is 17.1 Å². The first kappa shape index (κ1) is 15.9. The van der Waals surface area contributed by atoms with Crippen LogP contribution in [0.15, 0.2) is 46.9 Å². The van der Waals surface area contributed by atoms with E-state index in [9.17, 15) is 4.79 Å². The zero-order chi connectivity index (χ0) is 15.2. The number of carbonyl (C=O) groups excluding carboxylic acids is 1. The minimum absolute atomic E-state index is 0.146. The molecule has 2 aromatic carbocycles. The first-order chi connectivity index (χ1) is 10.1. The fourth-order valence-electron chi connectivity index (χ4n) is 1.92. The van der Waals surface area contributed by atoms with E-state index in [0.717, 1.165) is 22.2 Å². The molecule has 0 bridgehead atoms. The Morgan fingerprint density at radius 3 is 2.86 bits per heavy atom. The molecule has 110 valence electrons. The van der Waals surface area contributed by atoms with E-state index in [1.165, 1.54) is 0 Å². The Morgan fingerprint density at radius 2 is 2.10 bits per heavy atom. The summed E-state index contributed by atoms with van der Waals surface area (Å²) in [5.74, 6) is 0.670. The van der Waals surface area contributed by atoms with Crippen molar-refractivity contribution in [2.75, 3.05) is 13.7 Å². The highest BCUT2D eigenvalue weighted by Crippen LogP contribution is 2.21. The normalized spacial score (nSPS) is 10.2. The topological polar surface area (TPSA) is 38.3 Å². The highest BCUT2D eigenvalue weighted by molar-refractivity contribution is 9.10. The average molecular weight is 369 g/mol. The number of hydrogen-bond acceptors (Lipinski definition) is 2. The molecule has 21 heavy (non-hydrogen) atoms. The number of hydrogen-bond donors (Lipinski definition) is 1. The third-order valence-corrected chi connectivity index (χ3v) is 3.93. The van der Waals surface area contributed by atoms with Crippen molar-refractivity contribution in [2.24, 2.45) is 0 Å². The molecule has 0 saturated carbocycles. The van der Waals surface area contributed by atoms with Gasteiger partial charge in [-0.2, -0.15) is 0 Å². The average Bonchev–Trinajstić information content (AvgIpc) is 2.49. The highest BCUT2D eigenvalue weighted by atomic mass is 79.9. The van der Waals surface area contributed by atoms with E-state index in [-0.39, 0.29) is 5.91 Å². The van der Waals surface area contributed by atoms with Crippen LogP contribution >= 0.6 is 27.5 Å². The Kier molecular flexibility index (Phi) is 5.65. The highest BCUT2D eigenvalue weighted by Gasteiger charge is 2.10. The summed E-state index contributed by atoms with van der Waals surface area (Å²) >= 11 is 9.26. The number of halogens is 2. The summed E-state index contributed by atoms with van der Waals surface area (Å²) in [6.45, 7) is 0.547. The first-order valence-corrected chi connectivity index (χ1v) is 7.63. The minimum Gasteiger partial charge on any atom is -0.497 e. The fraction of sp³-hybridized carbons (Fsp3) is 0.188. The number of rotatable bonds is 5. The standard InChI is InChI=1S/C16H15BrClNO2/c1-21-13-4-2-3-11(9-13)7-8-19-16(20)14-10-12(18)5-6-15(14)17/h2-6,9-10H,7-8H2,1H3,(H,19,20). The van der Waals surface area contributed by atoms with Crippen molar-refractivity contribution >= 4 is 33.4 Å². The Balaban J connectivity index is 1.93. The molecule has 0 unspecified atom stereocenters. The summed E-state index contributed by atoms with van der Waals surface area (Å²) in [5.41, 5.74) is 1.65. The van der Waals surface area contributed by atoms with Crippen LogP contribution in [0, 0.1) is 0 Å². The summed E-state index contributed by atoms with van der Waals surface area (Å²) in [7, 11) is 1.64. The number of methoxy groups -OCH3 is 1. The number of amides is 1. The van der Waals surface area contributed by atoms with E-state index < -0.39 is 0 Å². The maximum atomic E-state index is 12.1. The smallest absolute Gasteiger partial charge is 0.252 e. The molecule has 0 aromatic heterocycles. The van der Waals surface area contributed by atoms with Gasteiger partial charge in [0.05, 0.1) is 12.7 Å². The Labute approximate surface area is 137 Å². The largest absolute Gasteiger partial charge is 0.497 e. The van der Waals surface area contributed by atoms with E-state index in [1.54, 1.807) is 25.3 Å². The Morgan fingerprint density at radius 1 is 1.29 bits per heavy atom. The maximum Gasteiger partial charge on any atom is 0.252 e. The molecule has 1 amide bonds. The number of carbonyl (C=O) groups is 1. The summed E-state index contributed by atoms with van der Waals surface area (Å²) in [5, 5.41) is 3.42. The number of ether oxygens (including phenoxy) is 1. The van der Waals surface area contributed by atoms with Gasteiger partial charge in [-0.1, -0.05) is 23.7 Å². The molecule has 0 saturated heterocycles. The van der Waals surface area contributed by atoms with Crippen molar-refractivity contribution in [3.05, 3.63) is 63.1 Å². The van der Waals surface area contributed by atoms with Crippen LogP contribution in [-0.4, -0.2) is 19.6 Å². The van der Waals surface area contributed by atoms with E-state index in [1.807, 2.05) is 24.3 Å². The molecule has 0 aliphatic rings. The fourth-order valence-corrected chi connectivity index (χ4v) is 2.51. The molecule has 0 aliphatic heterocycles. The summed E-state index contributed by atoms with van der Waals surface area (Å²) < 4.78 is 5.90. The van der Waals surface area contributed by atoms with Crippen LogP contribution in [0.1, 0.15) is 15.9 Å². The molecule has 0 heterocycles. The molecular formula is C16H15BrClNO2. The summed E-state index contributed by atoms with van der Waals surface area (Å²) in [4.78, 5) is 12.1. The van der Waals surface area contributed by atoms with Crippen molar-refractivity contribution in [3.8, 4) is 5.75 Å². The summed E-state index contributed by atoms with van der Waals surface area (Å²) in [6.07, 6.45) is 0.737. The van der Waals surface area contributed by atoms with Gasteiger partial charge in [-0.05, 0) is 58.2 Å². The lowest BCUT2D eigenvalue weighted by Crippen LogP contribution is -2.26. The second-order valence-corrected chi connectivity index (χ2v) is 5.77. The number of nitrogens with one attached hydrogen (secondary N) is 1. The lowest BCUT2D eigenvalue weighted by Gasteiger charge is -2.08. The van der Waals surface area contributed by atoms with Crippen molar-refractivity contribution in [2.45, 2.75) is 6.42 Å². The second kappa shape index (κ2) is 7.48. The molecule has 3 nitrogen and oxygen atoms in total. The third-order valence-electron chi connectivity index (χ3n) is 3.01. The van der Waals surface area contributed by atoms with Crippen LogP contribution in [0.2, 0.25) is 5.02 Å². The van der Waals surface area contributed by atoms with E-state index in [2.05, 4.69) is 21.2 Å². The monoisotopic (exact) mass is 367 g/mol. The Hall–Kier alpha value is -1.52. The van der Waals surface area contributed by atoms with Crippen molar-refractivity contribution in [1.29, 1.82) is 0 Å². The molecule has 2 aromatic rings. The van der Waals surface area contributed by atoms with Crippen LogP contribution in [-0.2, 0) is 6.42 Å². The van der Waals surface area contributed by atoms with E-state index >= 15 is 0 Å². The van der Waals surface area contributed by atoms with Gasteiger partial charge in [-0.25, -0.2) is 0 Å². The quantitative estimate of drug-likeness (QED) is 0.863. The first-order valence-electron chi connectivity index (χ1n) is 6.46. The van der Waals surface area contributed by atoms with Gasteiger partial charge in [0, 0.05) is 16.0 Å². The van der Waals surface area contributed by atoms with Crippen molar-refractivity contribution < 1.29 is 9.53 Å². The van der Waals surface area contributed by atoms with Gasteiger partial charge >= 0.3 is 0 Å². The predicted octanol–water partition coefficient (Wildman–Crippen LogP) is 4.08.